The van der Waals surface area contributed by atoms with Gasteiger partial charge in [-0.25, -0.2) is 0 Å². The van der Waals surface area contributed by atoms with Crippen molar-refractivity contribution in [1.82, 2.24) is 0 Å². The van der Waals surface area contributed by atoms with Gasteiger partial charge in [-0.3, -0.25) is 13.9 Å². The zero-order valence-electron chi connectivity index (χ0n) is 10.7. The van der Waals surface area contributed by atoms with Crippen LogP contribution >= 0.6 is 15.2 Å². The number of carbonyl (C=O) groups is 1. The Morgan fingerprint density at radius 3 is 1.78 bits per heavy atom. The molecule has 0 aromatic rings. The van der Waals surface area contributed by atoms with Crippen molar-refractivity contribution in [3.05, 3.63) is 0 Å². The number of carbonyl (C=O) groups excluding carboxylic acids is 1. The highest BCUT2D eigenvalue weighted by Crippen LogP contribution is 2.74. The van der Waals surface area contributed by atoms with Crippen molar-refractivity contribution < 1.29 is 37.5 Å². The third-order valence-electron chi connectivity index (χ3n) is 2.27. The topological polar surface area (TPSA) is 119 Å². The molecule has 0 aromatic heterocycles. The van der Waals surface area contributed by atoms with Gasteiger partial charge in [0, 0.05) is 0 Å². The van der Waals surface area contributed by atoms with E-state index in [0.29, 0.717) is 0 Å². The van der Waals surface area contributed by atoms with Crippen LogP contribution in [0, 0.1) is 0 Å². The molecule has 0 spiro atoms. The third kappa shape index (κ3) is 3.02. The van der Waals surface area contributed by atoms with E-state index >= 15 is 0 Å². The van der Waals surface area contributed by atoms with Crippen molar-refractivity contribution in [2.45, 2.75) is 25.7 Å². The van der Waals surface area contributed by atoms with Gasteiger partial charge in [0.1, 0.15) is 0 Å². The summed E-state index contributed by atoms with van der Waals surface area (Å²) >= 11 is 0. The van der Waals surface area contributed by atoms with Crippen LogP contribution in [0.3, 0.4) is 0 Å². The van der Waals surface area contributed by atoms with Crippen LogP contribution in [0.4, 0.5) is 0 Å². The van der Waals surface area contributed by atoms with Crippen LogP contribution in [0.25, 0.3) is 0 Å². The first-order chi connectivity index (χ1) is 8.10. The molecule has 0 saturated carbocycles. The van der Waals surface area contributed by atoms with Gasteiger partial charge in [-0.2, -0.15) is 0 Å². The molecule has 0 radical (unpaired) electrons. The van der Waals surface area contributed by atoms with E-state index in [0.717, 1.165) is 14.0 Å². The second kappa shape index (κ2) is 6.28. The summed E-state index contributed by atoms with van der Waals surface area (Å²) in [5.74, 6) is -1.35. The minimum Gasteiger partial charge on any atom is -0.468 e. The van der Waals surface area contributed by atoms with E-state index < -0.39 is 26.1 Å². The van der Waals surface area contributed by atoms with Gasteiger partial charge in [0.15, 0.2) is 0 Å². The zero-order chi connectivity index (χ0) is 14.6. The number of hydrogen-bond acceptors (Lipinski definition) is 6. The monoisotopic (exact) mass is 304 g/mol. The van der Waals surface area contributed by atoms with E-state index in [4.69, 9.17) is 9.05 Å². The molecule has 108 valence electrons. The number of rotatable bonds is 7. The summed E-state index contributed by atoms with van der Waals surface area (Å²) in [7, 11) is -8.57. The van der Waals surface area contributed by atoms with Crippen molar-refractivity contribution in [2.24, 2.45) is 0 Å². The molecule has 0 aliphatic heterocycles. The van der Waals surface area contributed by atoms with E-state index in [9.17, 15) is 23.7 Å². The van der Waals surface area contributed by atoms with E-state index in [2.05, 4.69) is 4.74 Å². The maximum Gasteiger partial charge on any atom is 0.360 e. The first-order valence-electron chi connectivity index (χ1n) is 5.14. The molecule has 1 atom stereocenters. The van der Waals surface area contributed by atoms with E-state index in [1.165, 1.54) is 13.8 Å². The summed E-state index contributed by atoms with van der Waals surface area (Å²) in [6, 6.07) is 0. The third-order valence-corrected chi connectivity index (χ3v) is 7.55. The molecule has 1 unspecified atom stereocenters. The van der Waals surface area contributed by atoms with Crippen molar-refractivity contribution in [3.63, 3.8) is 0 Å². The lowest BCUT2D eigenvalue weighted by molar-refractivity contribution is -0.141. The average molecular weight is 304 g/mol. The molecule has 8 nitrogen and oxygen atoms in total. The van der Waals surface area contributed by atoms with Crippen molar-refractivity contribution in [1.29, 1.82) is 0 Å². The van der Waals surface area contributed by atoms with Crippen LogP contribution in [0.5, 0.6) is 0 Å². The molecule has 0 fully saturated rings. The van der Waals surface area contributed by atoms with Gasteiger partial charge in [-0.1, -0.05) is 0 Å². The summed E-state index contributed by atoms with van der Waals surface area (Å²) in [4.78, 5) is 27.6. The Labute approximate surface area is 105 Å². The van der Waals surface area contributed by atoms with Crippen molar-refractivity contribution >= 4 is 21.2 Å². The highest BCUT2D eigenvalue weighted by atomic mass is 31.2. The molecule has 18 heavy (non-hydrogen) atoms. The van der Waals surface area contributed by atoms with Crippen LogP contribution in [-0.4, -0.2) is 41.0 Å². The minimum absolute atomic E-state index is 0.135. The highest BCUT2D eigenvalue weighted by Gasteiger charge is 2.66. The summed E-state index contributed by atoms with van der Waals surface area (Å²) in [6.45, 7) is 3.46. The predicted octanol–water partition coefficient (Wildman–Crippen LogP) is 1.32. The van der Waals surface area contributed by atoms with Gasteiger partial charge in [-0.05, 0) is 20.8 Å². The fourth-order valence-electron chi connectivity index (χ4n) is 1.21. The number of esters is 1. The summed E-state index contributed by atoms with van der Waals surface area (Å²) in [5, 5.41) is 0. The molecule has 2 N–H and O–H groups in total. The maximum atomic E-state index is 12.4. The van der Waals surface area contributed by atoms with Crippen LogP contribution in [0.15, 0.2) is 0 Å². The number of methoxy groups -OCH3 is 1. The zero-order valence-corrected chi connectivity index (χ0v) is 12.4. The van der Waals surface area contributed by atoms with Gasteiger partial charge in [0.2, 0.25) is 0 Å². The summed E-state index contributed by atoms with van der Waals surface area (Å²) in [6.07, 6.45) is 0. The molecule has 0 rings (SSSR count). The van der Waals surface area contributed by atoms with Crippen LogP contribution < -0.4 is 0 Å². The lowest BCUT2D eigenvalue weighted by Crippen LogP contribution is -2.37. The van der Waals surface area contributed by atoms with Gasteiger partial charge in [0.25, 0.3) is 4.90 Å². The smallest absolute Gasteiger partial charge is 0.360 e. The maximum absolute atomic E-state index is 12.4. The van der Waals surface area contributed by atoms with Crippen molar-refractivity contribution in [2.75, 3.05) is 20.3 Å². The molecule has 0 amide bonds. The van der Waals surface area contributed by atoms with Crippen LogP contribution in [0.2, 0.25) is 0 Å². The fourth-order valence-corrected chi connectivity index (χ4v) is 4.74. The summed E-state index contributed by atoms with van der Waals surface area (Å²) in [5.41, 5.74) is 0. The second-order valence-corrected chi connectivity index (χ2v) is 8.13. The lowest BCUT2D eigenvalue weighted by Gasteiger charge is -2.33. The number of hydrogen-bond donors (Lipinski definition) is 2. The van der Waals surface area contributed by atoms with E-state index in [1.54, 1.807) is 0 Å². The Bertz CT molecular complexity index is 379. The molecule has 0 heterocycles. The quantitative estimate of drug-likeness (QED) is 0.534. The Hall–Kier alpha value is -0.230. The second-order valence-electron chi connectivity index (χ2n) is 3.39. The summed E-state index contributed by atoms with van der Waals surface area (Å²) < 4.78 is 37.9. The lowest BCUT2D eigenvalue weighted by atomic mass is 10.5. The van der Waals surface area contributed by atoms with Gasteiger partial charge < -0.3 is 23.6 Å². The van der Waals surface area contributed by atoms with Gasteiger partial charge in [0.05, 0.1) is 20.3 Å². The van der Waals surface area contributed by atoms with E-state index in [-0.39, 0.29) is 13.2 Å². The molecular weight excluding hydrogens is 286 g/mol. The SMILES string of the molecule is CCOP(=O)(OCC)C(C)(C(=O)OC)P(=O)(O)O. The normalized spacial score (nSPS) is 16.1. The molecule has 0 aromatic carbocycles. The van der Waals surface area contributed by atoms with Crippen LogP contribution in [-0.2, 0) is 27.7 Å². The molecular formula is C8H18O8P2. The molecule has 0 saturated heterocycles. The van der Waals surface area contributed by atoms with Gasteiger partial charge >= 0.3 is 21.2 Å². The van der Waals surface area contributed by atoms with Gasteiger partial charge in [-0.15, -0.1) is 0 Å². The standard InChI is InChI=1S/C8H18O8P2/c1-5-15-18(13,16-6-2)8(3,7(9)14-4)17(10,11)12/h5-6H2,1-4H3,(H2,10,11,12). The number of ether oxygens (including phenoxy) is 1. The Kier molecular flexibility index (Phi) is 6.20. The largest absolute Gasteiger partial charge is 0.468 e. The molecule has 0 bridgehead atoms. The van der Waals surface area contributed by atoms with Crippen molar-refractivity contribution in [3.8, 4) is 0 Å². The Balaban J connectivity index is 5.91. The molecule has 10 heteroatoms. The predicted molar refractivity (Wildman–Crippen MR) is 63.3 cm³/mol. The minimum atomic E-state index is -5.13. The highest BCUT2D eigenvalue weighted by molar-refractivity contribution is 7.75. The molecule has 0 aliphatic carbocycles. The van der Waals surface area contributed by atoms with E-state index in [1.807, 2.05) is 0 Å². The fraction of sp³-hybridized carbons (Fsp3) is 0.875. The average Bonchev–Trinajstić information content (AvgIpc) is 2.25. The molecule has 0 aliphatic rings. The Morgan fingerprint density at radius 1 is 1.17 bits per heavy atom. The first-order valence-corrected chi connectivity index (χ1v) is 8.29. The Morgan fingerprint density at radius 2 is 1.56 bits per heavy atom. The van der Waals surface area contributed by atoms with Crippen LogP contribution in [0.1, 0.15) is 20.8 Å². The first kappa shape index (κ1) is 17.8.